The van der Waals surface area contributed by atoms with Crippen LogP contribution in [0.5, 0.6) is 0 Å². The Bertz CT molecular complexity index is 609. The van der Waals surface area contributed by atoms with Crippen molar-refractivity contribution in [1.29, 1.82) is 0 Å². The Balaban J connectivity index is 1.57. The molecule has 1 unspecified atom stereocenters. The van der Waals surface area contributed by atoms with Gasteiger partial charge in [-0.3, -0.25) is 4.79 Å². The highest BCUT2D eigenvalue weighted by Gasteiger charge is 2.25. The first-order valence-electron chi connectivity index (χ1n) is 7.92. The van der Waals surface area contributed by atoms with Crippen LogP contribution in [0, 0.1) is 0 Å². The highest BCUT2D eigenvalue weighted by molar-refractivity contribution is 7.08. The van der Waals surface area contributed by atoms with E-state index in [4.69, 9.17) is 4.52 Å². The van der Waals surface area contributed by atoms with Gasteiger partial charge in [0.2, 0.25) is 17.6 Å². The van der Waals surface area contributed by atoms with Gasteiger partial charge in [0.15, 0.2) is 0 Å². The molecule has 3 heterocycles. The molecular weight excluding hydrogens is 298 g/mol. The number of hydrogen-bond donors (Lipinski definition) is 0. The van der Waals surface area contributed by atoms with Gasteiger partial charge < -0.3 is 9.42 Å². The summed E-state index contributed by atoms with van der Waals surface area (Å²) in [6.07, 6.45) is 5.48. The average molecular weight is 319 g/mol. The van der Waals surface area contributed by atoms with Crippen molar-refractivity contribution in [2.75, 3.05) is 6.54 Å². The summed E-state index contributed by atoms with van der Waals surface area (Å²) in [6.45, 7) is 3.04. The summed E-state index contributed by atoms with van der Waals surface area (Å²) in [5.74, 6) is 1.36. The van der Waals surface area contributed by atoms with Crippen LogP contribution < -0.4 is 0 Å². The van der Waals surface area contributed by atoms with Gasteiger partial charge in [0.05, 0.1) is 0 Å². The van der Waals surface area contributed by atoms with E-state index >= 15 is 0 Å². The van der Waals surface area contributed by atoms with Gasteiger partial charge in [-0.25, -0.2) is 0 Å². The molecule has 1 aliphatic rings. The van der Waals surface area contributed by atoms with E-state index in [0.29, 0.717) is 30.6 Å². The van der Waals surface area contributed by atoms with Gasteiger partial charge in [0, 0.05) is 36.4 Å². The maximum Gasteiger partial charge on any atom is 0.227 e. The Kier molecular flexibility index (Phi) is 4.87. The molecule has 1 atom stereocenters. The molecule has 2 aromatic heterocycles. The molecule has 3 rings (SSSR count). The standard InChI is InChI=1S/C16H21N3O2S/c1-2-13-5-3-4-9-19(13)15(20)7-6-14-17-16(18-21-14)12-8-10-22-11-12/h8,10-11,13H,2-7,9H2,1H3. The van der Waals surface area contributed by atoms with Gasteiger partial charge in [-0.1, -0.05) is 12.1 Å². The molecule has 0 aliphatic carbocycles. The molecular formula is C16H21N3O2S. The molecule has 118 valence electrons. The van der Waals surface area contributed by atoms with E-state index in [-0.39, 0.29) is 5.91 Å². The molecule has 1 saturated heterocycles. The smallest absolute Gasteiger partial charge is 0.227 e. The largest absolute Gasteiger partial charge is 0.340 e. The van der Waals surface area contributed by atoms with Crippen molar-refractivity contribution in [3.05, 3.63) is 22.7 Å². The number of hydrogen-bond acceptors (Lipinski definition) is 5. The van der Waals surface area contributed by atoms with Gasteiger partial charge in [-0.15, -0.1) is 0 Å². The van der Waals surface area contributed by atoms with E-state index in [0.717, 1.165) is 31.4 Å². The van der Waals surface area contributed by atoms with Crippen molar-refractivity contribution in [2.45, 2.75) is 51.5 Å². The van der Waals surface area contributed by atoms with Crippen LogP contribution in [-0.2, 0) is 11.2 Å². The van der Waals surface area contributed by atoms with Gasteiger partial charge >= 0.3 is 0 Å². The molecule has 6 heteroatoms. The minimum atomic E-state index is 0.210. The molecule has 0 N–H and O–H groups in total. The van der Waals surface area contributed by atoms with Crippen LogP contribution in [0.3, 0.4) is 0 Å². The zero-order valence-electron chi connectivity index (χ0n) is 12.8. The predicted octanol–water partition coefficient (Wildman–Crippen LogP) is 3.52. The fraction of sp³-hybridized carbons (Fsp3) is 0.562. The second-order valence-corrected chi connectivity index (χ2v) is 6.45. The van der Waals surface area contributed by atoms with Crippen molar-refractivity contribution in [1.82, 2.24) is 15.0 Å². The third kappa shape index (κ3) is 3.38. The molecule has 0 bridgehead atoms. The second-order valence-electron chi connectivity index (χ2n) is 5.67. The quantitative estimate of drug-likeness (QED) is 0.846. The lowest BCUT2D eigenvalue weighted by Gasteiger charge is -2.35. The van der Waals surface area contributed by atoms with Gasteiger partial charge in [-0.2, -0.15) is 16.3 Å². The first-order chi connectivity index (χ1) is 10.8. The summed E-state index contributed by atoms with van der Waals surface area (Å²) in [4.78, 5) is 18.8. The summed E-state index contributed by atoms with van der Waals surface area (Å²) in [7, 11) is 0. The number of amides is 1. The number of carbonyl (C=O) groups excluding carboxylic acids is 1. The van der Waals surface area contributed by atoms with Crippen LogP contribution >= 0.6 is 11.3 Å². The van der Waals surface area contributed by atoms with Gasteiger partial charge in [-0.05, 0) is 37.1 Å². The maximum absolute atomic E-state index is 12.4. The molecule has 0 saturated carbocycles. The number of rotatable bonds is 5. The molecule has 2 aromatic rings. The third-order valence-corrected chi connectivity index (χ3v) is 4.90. The lowest BCUT2D eigenvalue weighted by Crippen LogP contribution is -2.43. The SMILES string of the molecule is CCC1CCCCN1C(=O)CCc1nc(-c2ccsc2)no1. The summed E-state index contributed by atoms with van der Waals surface area (Å²) < 4.78 is 5.25. The Morgan fingerprint density at radius 3 is 3.18 bits per heavy atom. The minimum absolute atomic E-state index is 0.210. The number of piperidine rings is 1. The normalized spacial score (nSPS) is 18.6. The molecule has 1 aliphatic heterocycles. The van der Waals surface area contributed by atoms with Crippen LogP contribution in [0.1, 0.15) is 44.9 Å². The predicted molar refractivity (Wildman–Crippen MR) is 85.6 cm³/mol. The lowest BCUT2D eigenvalue weighted by atomic mass is 9.99. The van der Waals surface area contributed by atoms with Gasteiger partial charge in [0.1, 0.15) is 0 Å². The van der Waals surface area contributed by atoms with Crippen LogP contribution in [0.15, 0.2) is 21.3 Å². The fourth-order valence-electron chi connectivity index (χ4n) is 2.98. The van der Waals surface area contributed by atoms with Crippen molar-refractivity contribution < 1.29 is 9.32 Å². The number of aromatic nitrogens is 2. The van der Waals surface area contributed by atoms with E-state index in [9.17, 15) is 4.79 Å². The van der Waals surface area contributed by atoms with Crippen LogP contribution in [0.4, 0.5) is 0 Å². The van der Waals surface area contributed by atoms with E-state index in [2.05, 4.69) is 17.1 Å². The zero-order chi connectivity index (χ0) is 15.4. The summed E-state index contributed by atoms with van der Waals surface area (Å²) in [5, 5.41) is 7.94. The highest BCUT2D eigenvalue weighted by atomic mass is 32.1. The van der Waals surface area contributed by atoms with Crippen molar-refractivity contribution >= 4 is 17.2 Å². The number of nitrogens with zero attached hydrogens (tertiary/aromatic N) is 3. The monoisotopic (exact) mass is 319 g/mol. The average Bonchev–Trinajstić information content (AvgIpc) is 3.23. The minimum Gasteiger partial charge on any atom is -0.340 e. The first-order valence-corrected chi connectivity index (χ1v) is 8.87. The third-order valence-electron chi connectivity index (χ3n) is 4.22. The Morgan fingerprint density at radius 1 is 1.50 bits per heavy atom. The fourth-order valence-corrected chi connectivity index (χ4v) is 3.61. The van der Waals surface area contributed by atoms with Crippen LogP contribution in [-0.4, -0.2) is 33.5 Å². The Labute approximate surface area is 134 Å². The summed E-state index contributed by atoms with van der Waals surface area (Å²) in [6, 6.07) is 2.37. The molecule has 1 fully saturated rings. The number of thiophene rings is 1. The van der Waals surface area contributed by atoms with E-state index < -0.39 is 0 Å². The summed E-state index contributed by atoms with van der Waals surface area (Å²) in [5.41, 5.74) is 0.966. The first kappa shape index (κ1) is 15.2. The van der Waals surface area contributed by atoms with E-state index in [1.54, 1.807) is 11.3 Å². The number of aryl methyl sites for hydroxylation is 1. The second kappa shape index (κ2) is 7.05. The van der Waals surface area contributed by atoms with E-state index in [1.807, 2.05) is 21.7 Å². The van der Waals surface area contributed by atoms with Crippen LogP contribution in [0.2, 0.25) is 0 Å². The molecule has 0 radical (unpaired) electrons. The molecule has 0 spiro atoms. The van der Waals surface area contributed by atoms with Crippen LogP contribution in [0.25, 0.3) is 11.4 Å². The maximum atomic E-state index is 12.4. The highest BCUT2D eigenvalue weighted by Crippen LogP contribution is 2.22. The Morgan fingerprint density at radius 2 is 2.41 bits per heavy atom. The van der Waals surface area contributed by atoms with Crippen molar-refractivity contribution in [3.63, 3.8) is 0 Å². The van der Waals surface area contributed by atoms with Crippen molar-refractivity contribution in [3.8, 4) is 11.4 Å². The summed E-state index contributed by atoms with van der Waals surface area (Å²) >= 11 is 1.60. The molecule has 22 heavy (non-hydrogen) atoms. The van der Waals surface area contributed by atoms with Crippen molar-refractivity contribution in [2.24, 2.45) is 0 Å². The molecule has 1 amide bonds. The Hall–Kier alpha value is -1.69. The van der Waals surface area contributed by atoms with E-state index in [1.165, 1.54) is 6.42 Å². The number of likely N-dealkylation sites (tertiary alicyclic amines) is 1. The topological polar surface area (TPSA) is 59.2 Å². The number of carbonyl (C=O) groups is 1. The van der Waals surface area contributed by atoms with Gasteiger partial charge in [0.25, 0.3) is 0 Å². The zero-order valence-corrected chi connectivity index (χ0v) is 13.6. The molecule has 0 aromatic carbocycles. The molecule has 5 nitrogen and oxygen atoms in total. The lowest BCUT2D eigenvalue weighted by molar-refractivity contribution is -0.135.